The monoisotopic (exact) mass is 806 g/mol. The zero-order valence-corrected chi connectivity index (χ0v) is 31.5. The van der Waals surface area contributed by atoms with E-state index in [1.807, 2.05) is 18.2 Å². The van der Waals surface area contributed by atoms with Gasteiger partial charge >= 0.3 is 6.36 Å². The molecular formula is C48H33F3N2O7. The summed E-state index contributed by atoms with van der Waals surface area (Å²) in [7, 11) is 0. The number of Topliss-reactive ketones (excluding diaryl/α,β-unsaturated/α-hetero) is 1. The molecular weight excluding hydrogens is 774 g/mol. The fraction of sp³-hybridized carbons (Fsp3) is 0.188. The van der Waals surface area contributed by atoms with Gasteiger partial charge in [-0.15, -0.1) is 13.2 Å². The zero-order valence-electron chi connectivity index (χ0n) is 31.5. The van der Waals surface area contributed by atoms with Gasteiger partial charge in [0.2, 0.25) is 17.7 Å². The minimum Gasteiger partial charge on any atom is -0.508 e. The Hall–Kier alpha value is -7.08. The molecule has 1 aromatic heterocycles. The number of alkyl halides is 3. The van der Waals surface area contributed by atoms with Crippen LogP contribution in [-0.2, 0) is 24.6 Å². The van der Waals surface area contributed by atoms with Gasteiger partial charge in [-0.2, -0.15) is 0 Å². The number of carbonyl (C=O) groups excluding carboxylic acids is 4. The summed E-state index contributed by atoms with van der Waals surface area (Å²) in [6.45, 7) is 0. The minimum absolute atomic E-state index is 0.0316. The number of phenols is 1. The van der Waals surface area contributed by atoms with Crippen molar-refractivity contribution in [3.8, 4) is 23.0 Å². The van der Waals surface area contributed by atoms with E-state index in [2.05, 4.69) is 9.72 Å². The molecule has 3 aliphatic carbocycles. The highest BCUT2D eigenvalue weighted by molar-refractivity contribution is 6.32. The number of rotatable bonds is 6. The lowest BCUT2D eigenvalue weighted by Crippen LogP contribution is -2.58. The maximum atomic E-state index is 15.2. The number of para-hydroxylation sites is 2. The number of imide groups is 1. The van der Waals surface area contributed by atoms with Crippen LogP contribution < -0.4 is 9.64 Å². The SMILES string of the molecule is O=C1C(c2ccccc2)=CC(=O)C2(c3ccccc3)C1CC1C(=CCC3C(=O)N(c4ccc(-c5nc6ccccc6o5)cc4)C(=O)C31)C2c1cc(OC(F)(F)F)ccc1O. The van der Waals surface area contributed by atoms with Crippen molar-refractivity contribution in [1.82, 2.24) is 4.98 Å². The molecule has 9 nitrogen and oxygen atoms in total. The number of ether oxygens (including phenoxy) is 1. The molecule has 6 unspecified atom stereocenters. The molecule has 10 rings (SSSR count). The second kappa shape index (κ2) is 13.8. The summed E-state index contributed by atoms with van der Waals surface area (Å²) in [5, 5.41) is 11.6. The summed E-state index contributed by atoms with van der Waals surface area (Å²) in [5.41, 5.74) is 1.92. The maximum Gasteiger partial charge on any atom is 0.573 e. The van der Waals surface area contributed by atoms with Crippen LogP contribution >= 0.6 is 0 Å². The first kappa shape index (κ1) is 37.2. The lowest BCUT2D eigenvalue weighted by atomic mass is 9.44. The van der Waals surface area contributed by atoms with Crippen LogP contribution in [0.1, 0.15) is 35.4 Å². The molecule has 2 fully saturated rings. The average molecular weight is 807 g/mol. The molecule has 0 spiro atoms. The Morgan fingerprint density at radius 2 is 1.48 bits per heavy atom. The third-order valence-electron chi connectivity index (χ3n) is 12.6. The number of hydrogen-bond acceptors (Lipinski definition) is 8. The van der Waals surface area contributed by atoms with Gasteiger partial charge < -0.3 is 14.3 Å². The van der Waals surface area contributed by atoms with Crippen LogP contribution in [0.4, 0.5) is 18.9 Å². The summed E-state index contributed by atoms with van der Waals surface area (Å²) in [6, 6.07) is 34.3. The smallest absolute Gasteiger partial charge is 0.508 e. The fourth-order valence-corrected chi connectivity index (χ4v) is 10.2. The third kappa shape index (κ3) is 5.72. The molecule has 4 aliphatic rings. The summed E-state index contributed by atoms with van der Waals surface area (Å²) >= 11 is 0. The number of ketones is 2. The van der Waals surface area contributed by atoms with Crippen molar-refractivity contribution in [3.63, 3.8) is 0 Å². The standard InChI is InChI=1S/C48H33F3N2O7/c49-48(50,51)60-30-19-22-38(54)35(23-30)42-31-20-21-32-41(46(58)53(45(32)57)29-17-15-27(16-18-29)44-52-37-13-7-8-14-39(37)59-44)34(31)24-36-43(56)33(26-9-3-1-4-10-26)25-40(55)47(36,42)28-11-5-2-6-12-28/h1-20,22-23,25,32,34,36,41-42,54H,21,24H2. The number of fused-ring (bicyclic) bond motifs is 5. The van der Waals surface area contributed by atoms with Crippen LogP contribution in [-0.4, -0.2) is 39.8 Å². The lowest BCUT2D eigenvalue weighted by Gasteiger charge is -2.55. The number of allylic oxidation sites excluding steroid dienone is 4. The van der Waals surface area contributed by atoms with Gasteiger partial charge in [-0.3, -0.25) is 24.1 Å². The van der Waals surface area contributed by atoms with E-state index in [-0.39, 0.29) is 24.0 Å². The van der Waals surface area contributed by atoms with Crippen molar-refractivity contribution in [2.75, 3.05) is 4.90 Å². The Kier molecular flexibility index (Phi) is 8.53. The first-order valence-corrected chi connectivity index (χ1v) is 19.5. The Bertz CT molecular complexity index is 2780. The summed E-state index contributed by atoms with van der Waals surface area (Å²) in [5.74, 6) is -7.61. The summed E-state index contributed by atoms with van der Waals surface area (Å²) < 4.78 is 51.3. The number of nitrogens with zero attached hydrogens (tertiary/aromatic N) is 2. The average Bonchev–Trinajstić information content (AvgIpc) is 3.80. The van der Waals surface area contributed by atoms with Crippen LogP contribution in [0.25, 0.3) is 28.1 Å². The predicted molar refractivity (Wildman–Crippen MR) is 213 cm³/mol. The van der Waals surface area contributed by atoms with Gasteiger partial charge in [-0.05, 0) is 90.6 Å². The Labute approximate surface area is 340 Å². The van der Waals surface area contributed by atoms with Crippen LogP contribution in [0, 0.1) is 23.7 Å². The molecule has 2 heterocycles. The van der Waals surface area contributed by atoms with Gasteiger partial charge in [-0.1, -0.05) is 84.4 Å². The Morgan fingerprint density at radius 3 is 2.20 bits per heavy atom. The van der Waals surface area contributed by atoms with Gasteiger partial charge in [0.15, 0.2) is 17.1 Å². The highest BCUT2D eigenvalue weighted by atomic mass is 19.4. The molecule has 5 aromatic carbocycles. The van der Waals surface area contributed by atoms with Gasteiger partial charge in [0.1, 0.15) is 17.0 Å². The molecule has 0 bridgehead atoms. The van der Waals surface area contributed by atoms with Crippen LogP contribution in [0.5, 0.6) is 11.5 Å². The second-order valence-electron chi connectivity index (χ2n) is 15.6. The van der Waals surface area contributed by atoms with E-state index in [0.717, 1.165) is 23.1 Å². The molecule has 1 saturated heterocycles. The molecule has 0 radical (unpaired) electrons. The van der Waals surface area contributed by atoms with Crippen molar-refractivity contribution in [2.24, 2.45) is 23.7 Å². The Morgan fingerprint density at radius 1 is 0.783 bits per heavy atom. The van der Waals surface area contributed by atoms with Crippen LogP contribution in [0.2, 0.25) is 0 Å². The molecule has 6 atom stereocenters. The van der Waals surface area contributed by atoms with Crippen molar-refractivity contribution >= 4 is 45.7 Å². The quantitative estimate of drug-likeness (QED) is 0.131. The van der Waals surface area contributed by atoms with Crippen molar-refractivity contribution in [1.29, 1.82) is 0 Å². The maximum absolute atomic E-state index is 15.2. The largest absolute Gasteiger partial charge is 0.573 e. The van der Waals surface area contributed by atoms with Gasteiger partial charge in [0.25, 0.3) is 0 Å². The lowest BCUT2D eigenvalue weighted by molar-refractivity contribution is -0.274. The van der Waals surface area contributed by atoms with E-state index in [1.165, 1.54) is 6.08 Å². The normalized spacial score (nSPS) is 25.1. The molecule has 2 amide bonds. The number of aromatic hydroxyl groups is 1. The summed E-state index contributed by atoms with van der Waals surface area (Å²) in [6.07, 6.45) is -1.98. The van der Waals surface area contributed by atoms with Gasteiger partial charge in [-0.25, -0.2) is 4.98 Å². The molecule has 1 N–H and O–H groups in total. The number of halogens is 3. The number of aromatic nitrogens is 1. The van der Waals surface area contributed by atoms with Crippen molar-refractivity contribution in [3.05, 3.63) is 162 Å². The molecule has 298 valence electrons. The van der Waals surface area contributed by atoms with E-state index < -0.39 is 76.2 Å². The molecule has 12 heteroatoms. The molecule has 1 aliphatic heterocycles. The number of carbonyl (C=O) groups is 4. The van der Waals surface area contributed by atoms with Crippen LogP contribution in [0.3, 0.4) is 0 Å². The van der Waals surface area contributed by atoms with Gasteiger partial charge in [0.05, 0.1) is 22.9 Å². The molecule has 60 heavy (non-hydrogen) atoms. The van der Waals surface area contributed by atoms with E-state index >= 15 is 9.59 Å². The van der Waals surface area contributed by atoms with Crippen molar-refractivity contribution < 1.29 is 46.6 Å². The van der Waals surface area contributed by atoms with E-state index in [4.69, 9.17) is 4.42 Å². The first-order chi connectivity index (χ1) is 28.9. The number of hydrogen-bond donors (Lipinski definition) is 1. The van der Waals surface area contributed by atoms with E-state index in [0.29, 0.717) is 44.9 Å². The predicted octanol–water partition coefficient (Wildman–Crippen LogP) is 9.13. The molecule has 1 saturated carbocycles. The molecule has 6 aromatic rings. The minimum atomic E-state index is -5.08. The summed E-state index contributed by atoms with van der Waals surface area (Å²) in [4.78, 5) is 65.3. The van der Waals surface area contributed by atoms with E-state index in [9.17, 15) is 27.9 Å². The van der Waals surface area contributed by atoms with Gasteiger partial charge in [0, 0.05) is 28.5 Å². The number of anilines is 1. The number of benzene rings is 5. The highest BCUT2D eigenvalue weighted by Gasteiger charge is 2.66. The number of oxazole rings is 1. The topological polar surface area (TPSA) is 127 Å². The number of amides is 2. The fourth-order valence-electron chi connectivity index (χ4n) is 10.2. The van der Waals surface area contributed by atoms with E-state index in [1.54, 1.807) is 97.1 Å². The Balaban J connectivity index is 1.12. The van der Waals surface area contributed by atoms with Crippen molar-refractivity contribution in [2.45, 2.75) is 30.5 Å². The number of phenolic OH excluding ortho intramolecular Hbond substituents is 1. The van der Waals surface area contributed by atoms with Crippen LogP contribution in [0.15, 0.2) is 150 Å². The first-order valence-electron chi connectivity index (χ1n) is 19.5. The zero-order chi connectivity index (χ0) is 41.5. The third-order valence-corrected chi connectivity index (χ3v) is 12.6. The highest BCUT2D eigenvalue weighted by Crippen LogP contribution is 2.64. The second-order valence-corrected chi connectivity index (χ2v) is 15.6.